The molecule has 0 saturated heterocycles. The minimum Gasteiger partial charge on any atom is -0.462 e. The smallest absolute Gasteiger partial charge is 0.228 e. The van der Waals surface area contributed by atoms with Crippen LogP contribution in [0, 0.1) is 0 Å². The molecule has 0 spiro atoms. The number of nitrogens with one attached hydrogen (secondary N) is 1. The summed E-state index contributed by atoms with van der Waals surface area (Å²) < 4.78 is 18.0. The van der Waals surface area contributed by atoms with Crippen molar-refractivity contribution in [2.45, 2.75) is 19.4 Å². The third kappa shape index (κ3) is 2.55. The predicted molar refractivity (Wildman–Crippen MR) is 85.3 cm³/mol. The number of benzene rings is 2. The Kier molecular flexibility index (Phi) is 3.58. The summed E-state index contributed by atoms with van der Waals surface area (Å²) in [6, 6.07) is 11.7. The fourth-order valence-corrected chi connectivity index (χ4v) is 2.51. The molecule has 4 nitrogen and oxygen atoms in total. The summed E-state index contributed by atoms with van der Waals surface area (Å²) in [4.78, 5) is 0. The number of hydrogen-bond acceptors (Lipinski definition) is 3. The molecule has 0 amide bonds. The van der Waals surface area contributed by atoms with E-state index in [9.17, 15) is 4.39 Å². The molecular weight excluding hydrogens is 281 g/mol. The number of aromatic amines is 1. The van der Waals surface area contributed by atoms with Gasteiger partial charge in [-0.25, -0.2) is 4.39 Å². The summed E-state index contributed by atoms with van der Waals surface area (Å²) in [5.41, 5.74) is 9.32. The summed E-state index contributed by atoms with van der Waals surface area (Å²) in [7, 11) is 0. The third-order valence-corrected chi connectivity index (χ3v) is 3.71. The third-order valence-electron chi connectivity index (χ3n) is 3.71. The van der Waals surface area contributed by atoms with Gasteiger partial charge in [0.1, 0.15) is 5.75 Å². The molecule has 5 heteroatoms. The average molecular weight is 299 g/mol. The van der Waals surface area contributed by atoms with E-state index >= 15 is 0 Å². The molecular formula is C17H18FN3O. The number of hydrogen-bond donors (Lipinski definition) is 2. The molecule has 3 N–H and O–H groups in total. The van der Waals surface area contributed by atoms with Crippen LogP contribution in [0.3, 0.4) is 0 Å². The lowest BCUT2D eigenvalue weighted by Gasteiger charge is -2.19. The van der Waals surface area contributed by atoms with Crippen LogP contribution in [0.5, 0.6) is 5.75 Å². The van der Waals surface area contributed by atoms with Crippen LogP contribution in [0.25, 0.3) is 22.0 Å². The topological polar surface area (TPSA) is 63.9 Å². The minimum absolute atomic E-state index is 0.398. The van der Waals surface area contributed by atoms with Gasteiger partial charge in [0.2, 0.25) is 6.86 Å². The van der Waals surface area contributed by atoms with E-state index in [0.29, 0.717) is 5.75 Å². The molecule has 0 aliphatic carbocycles. The van der Waals surface area contributed by atoms with Gasteiger partial charge in [0.05, 0.1) is 17.1 Å². The number of ether oxygens (including phenoxy) is 1. The second-order valence-electron chi connectivity index (χ2n) is 5.83. The van der Waals surface area contributed by atoms with Crippen LogP contribution in [-0.4, -0.2) is 17.1 Å². The Labute approximate surface area is 128 Å². The largest absolute Gasteiger partial charge is 0.462 e. The van der Waals surface area contributed by atoms with E-state index in [1.165, 1.54) is 0 Å². The standard InChI is InChI=1S/C17H18FN3O/c1-17(2,19)12-5-3-11(4-6-12)13-7-8-15-14(9-20-21-15)16(13)22-10-18/h3-9H,10,19H2,1-2H3,(H,20,21). The molecule has 0 saturated carbocycles. The minimum atomic E-state index is -0.884. The monoisotopic (exact) mass is 299 g/mol. The molecule has 0 fully saturated rings. The fraction of sp³-hybridized carbons (Fsp3) is 0.235. The number of nitrogens with zero attached hydrogens (tertiary/aromatic N) is 1. The van der Waals surface area contributed by atoms with Crippen molar-refractivity contribution >= 4 is 10.9 Å². The zero-order valence-corrected chi connectivity index (χ0v) is 12.6. The molecule has 0 bridgehead atoms. The number of rotatable bonds is 4. The van der Waals surface area contributed by atoms with E-state index in [0.717, 1.165) is 27.6 Å². The van der Waals surface area contributed by atoms with E-state index in [1.54, 1.807) is 6.20 Å². The zero-order valence-electron chi connectivity index (χ0n) is 12.6. The van der Waals surface area contributed by atoms with E-state index in [4.69, 9.17) is 10.5 Å². The Bertz CT molecular complexity index is 788. The Hall–Kier alpha value is -2.40. The highest BCUT2D eigenvalue weighted by atomic mass is 19.1. The molecule has 2 aromatic carbocycles. The number of halogens is 1. The normalized spacial score (nSPS) is 11.8. The molecule has 0 aliphatic heterocycles. The van der Waals surface area contributed by atoms with Crippen LogP contribution in [0.2, 0.25) is 0 Å². The van der Waals surface area contributed by atoms with Crippen molar-refractivity contribution in [2.75, 3.05) is 6.86 Å². The van der Waals surface area contributed by atoms with Gasteiger partial charge in [0, 0.05) is 11.1 Å². The first kappa shape index (κ1) is 14.5. The Morgan fingerprint density at radius 3 is 2.55 bits per heavy atom. The highest BCUT2D eigenvalue weighted by molar-refractivity contribution is 5.92. The number of aromatic nitrogens is 2. The van der Waals surface area contributed by atoms with E-state index in [2.05, 4.69) is 10.2 Å². The molecule has 1 aromatic heterocycles. The van der Waals surface area contributed by atoms with Gasteiger partial charge in [-0.1, -0.05) is 24.3 Å². The molecule has 0 radical (unpaired) electrons. The second kappa shape index (κ2) is 5.42. The molecule has 0 aliphatic rings. The first-order valence-corrected chi connectivity index (χ1v) is 7.05. The number of fused-ring (bicyclic) bond motifs is 1. The van der Waals surface area contributed by atoms with Crippen LogP contribution < -0.4 is 10.5 Å². The summed E-state index contributed by atoms with van der Waals surface area (Å²) in [6.45, 7) is 3.03. The average Bonchev–Trinajstić information content (AvgIpc) is 2.96. The van der Waals surface area contributed by atoms with Gasteiger partial charge in [-0.2, -0.15) is 5.10 Å². The van der Waals surface area contributed by atoms with Crippen LogP contribution in [0.4, 0.5) is 4.39 Å². The van der Waals surface area contributed by atoms with Crippen molar-refractivity contribution < 1.29 is 9.13 Å². The van der Waals surface area contributed by atoms with Gasteiger partial charge in [0.15, 0.2) is 0 Å². The van der Waals surface area contributed by atoms with E-state index in [1.807, 2.05) is 50.2 Å². The van der Waals surface area contributed by atoms with Gasteiger partial charge < -0.3 is 10.5 Å². The van der Waals surface area contributed by atoms with Crippen molar-refractivity contribution in [3.8, 4) is 16.9 Å². The highest BCUT2D eigenvalue weighted by Crippen LogP contribution is 2.36. The van der Waals surface area contributed by atoms with Gasteiger partial charge in [-0.05, 0) is 37.1 Å². The van der Waals surface area contributed by atoms with Crippen LogP contribution in [0.15, 0.2) is 42.6 Å². The molecule has 114 valence electrons. The molecule has 3 aromatic rings. The van der Waals surface area contributed by atoms with Crippen LogP contribution in [0.1, 0.15) is 19.4 Å². The Morgan fingerprint density at radius 1 is 1.18 bits per heavy atom. The number of alkyl halides is 1. The molecule has 22 heavy (non-hydrogen) atoms. The maximum atomic E-state index is 12.8. The lowest BCUT2D eigenvalue weighted by atomic mass is 9.93. The van der Waals surface area contributed by atoms with Gasteiger partial charge in [0.25, 0.3) is 0 Å². The summed E-state index contributed by atoms with van der Waals surface area (Å²) in [5.74, 6) is 0.494. The Balaban J connectivity index is 2.11. The van der Waals surface area contributed by atoms with Gasteiger partial charge >= 0.3 is 0 Å². The zero-order chi connectivity index (χ0) is 15.7. The molecule has 1 heterocycles. The molecule has 0 atom stereocenters. The van der Waals surface area contributed by atoms with E-state index < -0.39 is 12.4 Å². The van der Waals surface area contributed by atoms with Crippen molar-refractivity contribution in [1.82, 2.24) is 10.2 Å². The first-order valence-electron chi connectivity index (χ1n) is 7.05. The van der Waals surface area contributed by atoms with Crippen LogP contribution in [-0.2, 0) is 5.54 Å². The molecule has 3 rings (SSSR count). The van der Waals surface area contributed by atoms with E-state index in [-0.39, 0.29) is 0 Å². The maximum Gasteiger partial charge on any atom is 0.228 e. The van der Waals surface area contributed by atoms with Crippen molar-refractivity contribution in [3.05, 3.63) is 48.2 Å². The first-order chi connectivity index (χ1) is 10.5. The number of H-pyrrole nitrogens is 1. The van der Waals surface area contributed by atoms with Gasteiger partial charge in [-0.3, -0.25) is 5.10 Å². The summed E-state index contributed by atoms with van der Waals surface area (Å²) in [6.07, 6.45) is 1.64. The second-order valence-corrected chi connectivity index (χ2v) is 5.83. The highest BCUT2D eigenvalue weighted by Gasteiger charge is 2.16. The maximum absolute atomic E-state index is 12.8. The van der Waals surface area contributed by atoms with Crippen molar-refractivity contribution in [3.63, 3.8) is 0 Å². The van der Waals surface area contributed by atoms with Gasteiger partial charge in [-0.15, -0.1) is 0 Å². The summed E-state index contributed by atoms with van der Waals surface area (Å²) in [5, 5.41) is 7.60. The van der Waals surface area contributed by atoms with Crippen molar-refractivity contribution in [2.24, 2.45) is 5.73 Å². The van der Waals surface area contributed by atoms with Crippen molar-refractivity contribution in [1.29, 1.82) is 0 Å². The summed E-state index contributed by atoms with van der Waals surface area (Å²) >= 11 is 0. The quantitative estimate of drug-likeness (QED) is 0.771. The lowest BCUT2D eigenvalue weighted by molar-refractivity contribution is 0.195. The molecule has 0 unspecified atom stereocenters. The SMILES string of the molecule is CC(C)(N)c1ccc(-c2ccc3[nH]ncc3c2OCF)cc1. The fourth-order valence-electron chi connectivity index (χ4n) is 2.51. The predicted octanol–water partition coefficient (Wildman–Crippen LogP) is 3.73. The lowest BCUT2D eigenvalue weighted by Crippen LogP contribution is -2.28. The Morgan fingerprint density at radius 2 is 1.91 bits per heavy atom. The van der Waals surface area contributed by atoms with Crippen LogP contribution >= 0.6 is 0 Å². The number of nitrogens with two attached hydrogens (primary N) is 1.